The summed E-state index contributed by atoms with van der Waals surface area (Å²) < 4.78 is 0.955. The van der Waals surface area contributed by atoms with Crippen LogP contribution in [0.25, 0.3) is 0 Å². The maximum Gasteiger partial charge on any atom is 0.283 e. The van der Waals surface area contributed by atoms with E-state index in [1.165, 1.54) is 11.3 Å². The van der Waals surface area contributed by atoms with Crippen LogP contribution < -0.4 is 11.2 Å². The Balaban J connectivity index is 2.05. The first-order valence-corrected chi connectivity index (χ1v) is 7.55. The predicted octanol–water partition coefficient (Wildman–Crippen LogP) is 2.81. The van der Waals surface area contributed by atoms with Gasteiger partial charge in [-0.1, -0.05) is 46.3 Å². The van der Waals surface area contributed by atoms with E-state index in [1.807, 2.05) is 31.2 Å². The van der Waals surface area contributed by atoms with Crippen LogP contribution in [-0.2, 0) is 6.42 Å². The van der Waals surface area contributed by atoms with Gasteiger partial charge in [-0.3, -0.25) is 4.79 Å². The summed E-state index contributed by atoms with van der Waals surface area (Å²) >= 11 is 4.54. The molecule has 1 aromatic heterocycles. The van der Waals surface area contributed by atoms with Crippen LogP contribution in [0.2, 0.25) is 0 Å². The molecular weight excluding hydrogens is 340 g/mol. The molecule has 1 amide bonds. The Kier molecular flexibility index (Phi) is 4.86. The highest BCUT2D eigenvalue weighted by Crippen LogP contribution is 2.20. The van der Waals surface area contributed by atoms with Gasteiger partial charge in [-0.25, -0.2) is 10.4 Å². The smallest absolute Gasteiger partial charge is 0.283 e. The molecule has 0 radical (unpaired) electrons. The number of nitrogens with two attached hydrogens (primary N) is 1. The van der Waals surface area contributed by atoms with Crippen LogP contribution in [0.3, 0.4) is 0 Å². The van der Waals surface area contributed by atoms with Gasteiger partial charge in [-0.15, -0.1) is 0 Å². The summed E-state index contributed by atoms with van der Waals surface area (Å²) in [5.41, 5.74) is 9.68. The van der Waals surface area contributed by atoms with E-state index in [1.54, 1.807) is 6.21 Å². The van der Waals surface area contributed by atoms with Crippen LogP contribution in [0.15, 0.2) is 33.8 Å². The van der Waals surface area contributed by atoms with Crippen molar-refractivity contribution in [1.29, 1.82) is 0 Å². The van der Waals surface area contributed by atoms with Gasteiger partial charge >= 0.3 is 0 Å². The second-order valence-corrected chi connectivity index (χ2v) is 5.88. The summed E-state index contributed by atoms with van der Waals surface area (Å²) in [6, 6.07) is 7.61. The van der Waals surface area contributed by atoms with Gasteiger partial charge in [0.15, 0.2) is 5.13 Å². The number of hydrogen-bond donors (Lipinski definition) is 2. The van der Waals surface area contributed by atoms with Crippen LogP contribution in [0.4, 0.5) is 5.13 Å². The SMILES string of the molecule is CCc1nc(N)sc1C(=O)N/N=C/c1cccc(Br)c1. The second-order valence-electron chi connectivity index (χ2n) is 3.94. The van der Waals surface area contributed by atoms with Crippen molar-refractivity contribution in [3.63, 3.8) is 0 Å². The lowest BCUT2D eigenvalue weighted by Gasteiger charge is -1.98. The standard InChI is InChI=1S/C13H13BrN4OS/c1-2-10-11(20-13(15)17-10)12(19)18-16-7-8-4-3-5-9(14)6-8/h3-7H,2H2,1H3,(H2,15,17)(H,18,19)/b16-7+. The Morgan fingerprint density at radius 1 is 1.60 bits per heavy atom. The van der Waals surface area contributed by atoms with E-state index < -0.39 is 0 Å². The molecule has 0 aliphatic rings. The Morgan fingerprint density at radius 2 is 2.40 bits per heavy atom. The number of hydrazone groups is 1. The molecular formula is C13H13BrN4OS. The molecule has 2 aromatic rings. The summed E-state index contributed by atoms with van der Waals surface area (Å²) in [6.45, 7) is 1.93. The maximum atomic E-state index is 12.0. The van der Waals surface area contributed by atoms with E-state index in [-0.39, 0.29) is 5.91 Å². The molecule has 104 valence electrons. The van der Waals surface area contributed by atoms with Gasteiger partial charge in [-0.05, 0) is 24.1 Å². The number of aryl methyl sites for hydroxylation is 1. The van der Waals surface area contributed by atoms with Crippen molar-refractivity contribution in [2.75, 3.05) is 5.73 Å². The summed E-state index contributed by atoms with van der Waals surface area (Å²) in [4.78, 5) is 16.6. The first-order chi connectivity index (χ1) is 9.60. The van der Waals surface area contributed by atoms with E-state index in [0.29, 0.717) is 22.1 Å². The Hall–Kier alpha value is -1.73. The van der Waals surface area contributed by atoms with E-state index in [4.69, 9.17) is 5.73 Å². The van der Waals surface area contributed by atoms with Crippen LogP contribution in [-0.4, -0.2) is 17.1 Å². The Labute approximate surface area is 129 Å². The van der Waals surface area contributed by atoms with Crippen molar-refractivity contribution in [2.45, 2.75) is 13.3 Å². The fraction of sp³-hybridized carbons (Fsp3) is 0.154. The number of carbonyl (C=O) groups is 1. The zero-order valence-corrected chi connectivity index (χ0v) is 13.2. The van der Waals surface area contributed by atoms with Gasteiger partial charge in [0.2, 0.25) is 0 Å². The molecule has 1 heterocycles. The molecule has 5 nitrogen and oxygen atoms in total. The van der Waals surface area contributed by atoms with Gasteiger partial charge in [0.25, 0.3) is 5.91 Å². The predicted molar refractivity (Wildman–Crippen MR) is 85.1 cm³/mol. The number of amides is 1. The first-order valence-electron chi connectivity index (χ1n) is 5.94. The van der Waals surface area contributed by atoms with Crippen LogP contribution in [0, 0.1) is 0 Å². The van der Waals surface area contributed by atoms with Gasteiger partial charge in [-0.2, -0.15) is 5.10 Å². The number of nitrogen functional groups attached to an aromatic ring is 1. The highest BCUT2D eigenvalue weighted by molar-refractivity contribution is 9.10. The number of benzene rings is 1. The molecule has 1 aromatic carbocycles. The van der Waals surface area contributed by atoms with Crippen molar-refractivity contribution in [3.8, 4) is 0 Å². The molecule has 0 saturated carbocycles. The van der Waals surface area contributed by atoms with Gasteiger partial charge < -0.3 is 5.73 Å². The molecule has 0 saturated heterocycles. The minimum Gasteiger partial charge on any atom is -0.375 e. The largest absolute Gasteiger partial charge is 0.375 e. The fourth-order valence-electron chi connectivity index (χ4n) is 1.59. The third-order valence-electron chi connectivity index (χ3n) is 2.48. The quantitative estimate of drug-likeness (QED) is 0.655. The zero-order valence-electron chi connectivity index (χ0n) is 10.8. The second kappa shape index (κ2) is 6.62. The van der Waals surface area contributed by atoms with Gasteiger partial charge in [0, 0.05) is 4.47 Å². The third-order valence-corrected chi connectivity index (χ3v) is 3.90. The van der Waals surface area contributed by atoms with Gasteiger partial charge in [0.1, 0.15) is 4.88 Å². The number of thiazole rings is 1. The molecule has 7 heteroatoms. The van der Waals surface area contributed by atoms with Crippen LogP contribution >= 0.6 is 27.3 Å². The third kappa shape index (κ3) is 3.64. The van der Waals surface area contributed by atoms with E-state index in [9.17, 15) is 4.79 Å². The summed E-state index contributed by atoms with van der Waals surface area (Å²) in [7, 11) is 0. The molecule has 0 unspecified atom stereocenters. The summed E-state index contributed by atoms with van der Waals surface area (Å²) in [5, 5.41) is 4.33. The lowest BCUT2D eigenvalue weighted by Crippen LogP contribution is -2.17. The minimum atomic E-state index is -0.290. The van der Waals surface area contributed by atoms with E-state index >= 15 is 0 Å². The number of aromatic nitrogens is 1. The van der Waals surface area contributed by atoms with Crippen molar-refractivity contribution in [3.05, 3.63) is 44.9 Å². The zero-order chi connectivity index (χ0) is 14.5. The lowest BCUT2D eigenvalue weighted by atomic mass is 10.2. The summed E-state index contributed by atoms with van der Waals surface area (Å²) in [5.74, 6) is -0.290. The number of halogens is 1. The normalized spacial score (nSPS) is 10.9. The van der Waals surface area contributed by atoms with Crippen LogP contribution in [0.1, 0.15) is 27.9 Å². The number of nitrogens with zero attached hydrogens (tertiary/aromatic N) is 2. The molecule has 0 atom stereocenters. The molecule has 0 bridgehead atoms. The maximum absolute atomic E-state index is 12.0. The monoisotopic (exact) mass is 352 g/mol. The average molecular weight is 353 g/mol. The summed E-state index contributed by atoms with van der Waals surface area (Å²) in [6.07, 6.45) is 2.24. The van der Waals surface area contributed by atoms with Crippen molar-refractivity contribution < 1.29 is 4.79 Å². The lowest BCUT2D eigenvalue weighted by molar-refractivity contribution is 0.0958. The number of rotatable bonds is 4. The Morgan fingerprint density at radius 3 is 3.10 bits per heavy atom. The number of anilines is 1. The van der Waals surface area contributed by atoms with Crippen molar-refractivity contribution in [2.24, 2.45) is 5.10 Å². The number of carbonyl (C=O) groups excluding carboxylic acids is 1. The fourth-order valence-corrected chi connectivity index (χ4v) is 2.82. The molecule has 3 N–H and O–H groups in total. The van der Waals surface area contributed by atoms with Gasteiger partial charge in [0.05, 0.1) is 11.9 Å². The highest BCUT2D eigenvalue weighted by atomic mass is 79.9. The molecule has 20 heavy (non-hydrogen) atoms. The highest BCUT2D eigenvalue weighted by Gasteiger charge is 2.15. The van der Waals surface area contributed by atoms with E-state index in [0.717, 1.165) is 10.0 Å². The van der Waals surface area contributed by atoms with Crippen molar-refractivity contribution >= 4 is 44.5 Å². The Bertz CT molecular complexity index is 654. The molecule has 0 aliphatic carbocycles. The van der Waals surface area contributed by atoms with Crippen molar-refractivity contribution in [1.82, 2.24) is 10.4 Å². The number of hydrogen-bond acceptors (Lipinski definition) is 5. The minimum absolute atomic E-state index is 0.290. The van der Waals surface area contributed by atoms with Crippen LogP contribution in [0.5, 0.6) is 0 Å². The first kappa shape index (κ1) is 14.7. The molecule has 0 aliphatic heterocycles. The average Bonchev–Trinajstić information content (AvgIpc) is 2.80. The molecule has 2 rings (SSSR count). The molecule has 0 fully saturated rings. The number of nitrogens with one attached hydrogen (secondary N) is 1. The topological polar surface area (TPSA) is 80.4 Å². The molecule has 0 spiro atoms. The van der Waals surface area contributed by atoms with E-state index in [2.05, 4.69) is 31.4 Å².